The van der Waals surface area contributed by atoms with Crippen LogP contribution in [0.5, 0.6) is 0 Å². The molecule has 1 aliphatic heterocycles. The van der Waals surface area contributed by atoms with Crippen molar-refractivity contribution in [3.63, 3.8) is 0 Å². The van der Waals surface area contributed by atoms with Crippen molar-refractivity contribution in [2.45, 2.75) is 32.7 Å². The minimum absolute atomic E-state index is 0.447. The molecule has 2 aliphatic rings. The van der Waals surface area contributed by atoms with Crippen molar-refractivity contribution in [3.8, 4) is 0 Å². The van der Waals surface area contributed by atoms with E-state index >= 15 is 0 Å². The number of nitrogens with one attached hydrogen (secondary N) is 1. The third kappa shape index (κ3) is 3.25. The Morgan fingerprint density at radius 2 is 2.10 bits per heavy atom. The maximum atomic E-state index is 4.43. The third-order valence-corrected chi connectivity index (χ3v) is 6.17. The van der Waals surface area contributed by atoms with E-state index in [2.05, 4.69) is 46.4 Å². The lowest BCUT2D eigenvalue weighted by Gasteiger charge is -2.38. The Bertz CT molecular complexity index is 437. The molecule has 1 N–H and O–H groups in total. The third-order valence-electron chi connectivity index (χ3n) is 5.34. The van der Waals surface area contributed by atoms with Crippen LogP contribution in [0.15, 0.2) is 11.6 Å². The molecule has 4 nitrogen and oxygen atoms in total. The molecule has 1 aromatic rings. The molecule has 2 heterocycles. The Morgan fingerprint density at radius 3 is 2.71 bits per heavy atom. The van der Waals surface area contributed by atoms with Gasteiger partial charge in [0, 0.05) is 50.3 Å². The summed E-state index contributed by atoms with van der Waals surface area (Å²) in [5.74, 6) is 0.802. The summed E-state index contributed by atoms with van der Waals surface area (Å²) in [6.45, 7) is 10.7. The molecule has 0 radical (unpaired) electrons. The number of anilines is 1. The van der Waals surface area contributed by atoms with Crippen LogP contribution in [-0.4, -0.2) is 55.7 Å². The molecular weight excluding hydrogens is 280 g/mol. The Hall–Kier alpha value is -0.650. The van der Waals surface area contributed by atoms with E-state index in [0.717, 1.165) is 19.0 Å². The van der Waals surface area contributed by atoms with Crippen LogP contribution in [0.1, 0.15) is 26.7 Å². The number of piperazine rings is 1. The zero-order valence-electron chi connectivity index (χ0n) is 13.5. The van der Waals surface area contributed by atoms with Crippen molar-refractivity contribution in [1.29, 1.82) is 0 Å². The number of aromatic nitrogens is 1. The minimum Gasteiger partial charge on any atom is -0.346 e. The zero-order valence-corrected chi connectivity index (χ0v) is 14.3. The van der Waals surface area contributed by atoms with Gasteiger partial charge in [0.15, 0.2) is 5.13 Å². The average molecular weight is 308 g/mol. The maximum absolute atomic E-state index is 4.43. The van der Waals surface area contributed by atoms with Gasteiger partial charge in [0.05, 0.1) is 0 Å². The highest BCUT2D eigenvalue weighted by Crippen LogP contribution is 2.41. The Labute approximate surface area is 132 Å². The van der Waals surface area contributed by atoms with Gasteiger partial charge in [-0.15, -0.1) is 11.3 Å². The first-order chi connectivity index (χ1) is 10.1. The Balaban J connectivity index is 1.52. The van der Waals surface area contributed by atoms with Crippen LogP contribution in [0.25, 0.3) is 0 Å². The predicted octanol–water partition coefficient (Wildman–Crippen LogP) is 2.29. The van der Waals surface area contributed by atoms with Gasteiger partial charge in [-0.2, -0.15) is 0 Å². The van der Waals surface area contributed by atoms with E-state index in [1.807, 2.05) is 6.20 Å². The number of hydrogen-bond acceptors (Lipinski definition) is 5. The molecule has 2 unspecified atom stereocenters. The fraction of sp³-hybridized carbons (Fsp3) is 0.812. The summed E-state index contributed by atoms with van der Waals surface area (Å²) in [4.78, 5) is 9.51. The summed E-state index contributed by atoms with van der Waals surface area (Å²) in [7, 11) is 2.13. The van der Waals surface area contributed by atoms with Crippen LogP contribution in [0.3, 0.4) is 0 Å². The molecular formula is C16H28N4S. The summed E-state index contributed by atoms with van der Waals surface area (Å²) < 4.78 is 0. The smallest absolute Gasteiger partial charge is 0.185 e. The van der Waals surface area contributed by atoms with Gasteiger partial charge in [-0.1, -0.05) is 13.8 Å². The van der Waals surface area contributed by atoms with Crippen molar-refractivity contribution in [3.05, 3.63) is 11.6 Å². The van der Waals surface area contributed by atoms with Crippen LogP contribution in [0.2, 0.25) is 0 Å². The molecule has 118 valence electrons. The van der Waals surface area contributed by atoms with Crippen molar-refractivity contribution in [1.82, 2.24) is 15.2 Å². The van der Waals surface area contributed by atoms with Gasteiger partial charge in [-0.05, 0) is 31.2 Å². The van der Waals surface area contributed by atoms with E-state index < -0.39 is 0 Å². The van der Waals surface area contributed by atoms with Crippen LogP contribution in [0.4, 0.5) is 5.13 Å². The molecule has 3 rings (SSSR count). The second-order valence-corrected chi connectivity index (χ2v) is 8.03. The second-order valence-electron chi connectivity index (χ2n) is 7.16. The minimum atomic E-state index is 0.447. The molecule has 1 saturated heterocycles. The number of rotatable bonds is 4. The molecule has 0 bridgehead atoms. The number of hydrogen-bond donors (Lipinski definition) is 1. The highest BCUT2D eigenvalue weighted by molar-refractivity contribution is 7.13. The van der Waals surface area contributed by atoms with Crippen molar-refractivity contribution < 1.29 is 0 Å². The summed E-state index contributed by atoms with van der Waals surface area (Å²) in [5, 5.41) is 6.83. The van der Waals surface area contributed by atoms with E-state index in [0.29, 0.717) is 11.5 Å². The van der Waals surface area contributed by atoms with Crippen molar-refractivity contribution >= 4 is 16.5 Å². The molecule has 2 fully saturated rings. The first-order valence-corrected chi connectivity index (χ1v) is 9.02. The maximum Gasteiger partial charge on any atom is 0.185 e. The van der Waals surface area contributed by atoms with E-state index in [-0.39, 0.29) is 0 Å². The SMILES string of the molecule is CNC1C(CN2CCN(c3nccs3)CC2)CCC1(C)C. The fourth-order valence-corrected chi connectivity index (χ4v) is 4.86. The van der Waals surface area contributed by atoms with Crippen molar-refractivity contribution in [2.75, 3.05) is 44.7 Å². The quantitative estimate of drug-likeness (QED) is 0.925. The normalized spacial score (nSPS) is 30.0. The van der Waals surface area contributed by atoms with E-state index in [4.69, 9.17) is 0 Å². The lowest BCUT2D eigenvalue weighted by molar-refractivity contribution is 0.182. The van der Waals surface area contributed by atoms with Gasteiger partial charge in [0.1, 0.15) is 0 Å². The topological polar surface area (TPSA) is 31.4 Å². The molecule has 1 aromatic heterocycles. The summed E-state index contributed by atoms with van der Waals surface area (Å²) in [6, 6.07) is 0.662. The first-order valence-electron chi connectivity index (χ1n) is 8.14. The molecule has 0 amide bonds. The second kappa shape index (κ2) is 6.23. The lowest BCUT2D eigenvalue weighted by Crippen LogP contribution is -2.50. The summed E-state index contributed by atoms with van der Waals surface area (Å²) in [5.41, 5.74) is 0.447. The highest BCUT2D eigenvalue weighted by atomic mass is 32.1. The van der Waals surface area contributed by atoms with Gasteiger partial charge >= 0.3 is 0 Å². The van der Waals surface area contributed by atoms with E-state index in [1.54, 1.807) is 11.3 Å². The van der Waals surface area contributed by atoms with Gasteiger partial charge < -0.3 is 10.2 Å². The summed E-state index contributed by atoms with van der Waals surface area (Å²) >= 11 is 1.75. The molecule has 2 atom stereocenters. The number of thiazole rings is 1. The monoisotopic (exact) mass is 308 g/mol. The van der Waals surface area contributed by atoms with E-state index in [9.17, 15) is 0 Å². The molecule has 0 aromatic carbocycles. The Morgan fingerprint density at radius 1 is 1.33 bits per heavy atom. The molecule has 0 spiro atoms. The van der Waals surface area contributed by atoms with Crippen LogP contribution >= 0.6 is 11.3 Å². The van der Waals surface area contributed by atoms with Crippen LogP contribution in [0, 0.1) is 11.3 Å². The fourth-order valence-electron chi connectivity index (χ4n) is 4.17. The standard InChI is InChI=1S/C16H28N4S/c1-16(2)5-4-13(14(16)17-3)12-19-7-9-20(10-8-19)15-18-6-11-21-15/h6,11,13-14,17H,4-5,7-10,12H2,1-3H3. The van der Waals surface area contributed by atoms with E-state index in [1.165, 1.54) is 37.6 Å². The summed E-state index contributed by atoms with van der Waals surface area (Å²) in [6.07, 6.45) is 4.62. The first kappa shape index (κ1) is 15.3. The van der Waals surface area contributed by atoms with Crippen molar-refractivity contribution in [2.24, 2.45) is 11.3 Å². The average Bonchev–Trinajstić information content (AvgIpc) is 3.08. The largest absolute Gasteiger partial charge is 0.346 e. The van der Waals surface area contributed by atoms with Gasteiger partial charge in [0.25, 0.3) is 0 Å². The lowest BCUT2D eigenvalue weighted by atomic mass is 9.85. The highest BCUT2D eigenvalue weighted by Gasteiger charge is 2.41. The molecule has 21 heavy (non-hydrogen) atoms. The van der Waals surface area contributed by atoms with Crippen LogP contribution < -0.4 is 10.2 Å². The molecule has 1 saturated carbocycles. The zero-order chi connectivity index (χ0) is 14.9. The molecule has 5 heteroatoms. The van der Waals surface area contributed by atoms with Gasteiger partial charge in [0.2, 0.25) is 0 Å². The number of nitrogens with zero attached hydrogens (tertiary/aromatic N) is 3. The Kier molecular flexibility index (Phi) is 4.52. The van der Waals surface area contributed by atoms with Gasteiger partial charge in [-0.25, -0.2) is 4.98 Å². The van der Waals surface area contributed by atoms with Crippen LogP contribution in [-0.2, 0) is 0 Å². The molecule has 1 aliphatic carbocycles. The van der Waals surface area contributed by atoms with Gasteiger partial charge in [-0.3, -0.25) is 4.90 Å². The predicted molar refractivity (Wildman–Crippen MR) is 90.1 cm³/mol.